The van der Waals surface area contributed by atoms with Crippen LogP contribution in [0.1, 0.15) is 36.2 Å². The minimum absolute atomic E-state index is 0.0528. The molecule has 104 valence electrons. The molecule has 2 fully saturated rings. The predicted octanol–water partition coefficient (Wildman–Crippen LogP) is 1.30. The summed E-state index contributed by atoms with van der Waals surface area (Å²) in [7, 11) is 1.83. The topological polar surface area (TPSA) is 64.6 Å². The second-order valence-corrected chi connectivity index (χ2v) is 5.65. The highest BCUT2D eigenvalue weighted by atomic mass is 32.1. The van der Waals surface area contributed by atoms with Gasteiger partial charge in [0.25, 0.3) is 5.91 Å². The SMILES string of the molecule is CN(C(=O)c1csnn1)C1CCC2(CC1)OCCO2. The van der Waals surface area contributed by atoms with Crippen LogP contribution < -0.4 is 0 Å². The molecule has 1 spiro atoms. The van der Waals surface area contributed by atoms with Crippen molar-refractivity contribution in [2.45, 2.75) is 37.5 Å². The largest absolute Gasteiger partial charge is 0.348 e. The average Bonchev–Trinajstić information content (AvgIpc) is 3.10. The molecule has 6 nitrogen and oxygen atoms in total. The van der Waals surface area contributed by atoms with Crippen molar-refractivity contribution in [3.05, 3.63) is 11.1 Å². The highest BCUT2D eigenvalue weighted by Gasteiger charge is 2.41. The summed E-state index contributed by atoms with van der Waals surface area (Å²) in [5.74, 6) is -0.425. The lowest BCUT2D eigenvalue weighted by atomic mass is 9.89. The molecule has 2 heterocycles. The Morgan fingerprint density at radius 1 is 1.42 bits per heavy atom. The minimum atomic E-state index is -0.372. The monoisotopic (exact) mass is 283 g/mol. The first-order valence-electron chi connectivity index (χ1n) is 6.52. The number of ether oxygens (including phenoxy) is 2. The Labute approximate surface area is 115 Å². The number of hydrogen-bond acceptors (Lipinski definition) is 6. The fourth-order valence-electron chi connectivity index (χ4n) is 2.82. The summed E-state index contributed by atoms with van der Waals surface area (Å²) in [5.41, 5.74) is 0.432. The zero-order chi connectivity index (χ0) is 13.3. The van der Waals surface area contributed by atoms with Gasteiger partial charge in [-0.25, -0.2) is 0 Å². The number of carbonyl (C=O) groups is 1. The molecule has 0 unspecified atom stereocenters. The molecule has 1 aromatic heterocycles. The number of hydrogen-bond donors (Lipinski definition) is 0. The van der Waals surface area contributed by atoms with E-state index in [4.69, 9.17) is 9.47 Å². The van der Waals surface area contributed by atoms with E-state index < -0.39 is 0 Å². The standard InChI is InChI=1S/C12H17N3O3S/c1-15(11(16)10-8-19-14-13-10)9-2-4-12(5-3-9)17-6-7-18-12/h8-9H,2-7H2,1H3. The lowest BCUT2D eigenvalue weighted by Gasteiger charge is -2.38. The Balaban J connectivity index is 1.60. The minimum Gasteiger partial charge on any atom is -0.348 e. The molecular formula is C12H17N3O3S. The van der Waals surface area contributed by atoms with E-state index in [1.165, 1.54) is 11.5 Å². The lowest BCUT2D eigenvalue weighted by molar-refractivity contribution is -0.182. The van der Waals surface area contributed by atoms with Gasteiger partial charge in [0.05, 0.1) is 13.2 Å². The molecule has 0 aromatic carbocycles. The Morgan fingerprint density at radius 3 is 2.68 bits per heavy atom. The van der Waals surface area contributed by atoms with Crippen molar-refractivity contribution in [3.63, 3.8) is 0 Å². The van der Waals surface area contributed by atoms with E-state index >= 15 is 0 Å². The molecule has 1 aliphatic heterocycles. The van der Waals surface area contributed by atoms with E-state index in [9.17, 15) is 4.79 Å². The molecule has 1 saturated heterocycles. The van der Waals surface area contributed by atoms with Crippen LogP contribution in [0.3, 0.4) is 0 Å². The number of rotatable bonds is 2. The van der Waals surface area contributed by atoms with Gasteiger partial charge in [0.15, 0.2) is 11.5 Å². The maximum atomic E-state index is 12.2. The molecule has 0 atom stereocenters. The first-order chi connectivity index (χ1) is 9.20. The zero-order valence-corrected chi connectivity index (χ0v) is 11.7. The average molecular weight is 283 g/mol. The van der Waals surface area contributed by atoms with Gasteiger partial charge in [-0.15, -0.1) is 5.10 Å². The van der Waals surface area contributed by atoms with Crippen molar-refractivity contribution in [2.75, 3.05) is 20.3 Å². The molecule has 0 N–H and O–H groups in total. The van der Waals surface area contributed by atoms with Crippen LogP contribution in [0.4, 0.5) is 0 Å². The van der Waals surface area contributed by atoms with Crippen LogP contribution in [0.15, 0.2) is 5.38 Å². The Morgan fingerprint density at radius 2 is 2.11 bits per heavy atom. The van der Waals surface area contributed by atoms with E-state index in [2.05, 4.69) is 9.59 Å². The quantitative estimate of drug-likeness (QED) is 0.818. The van der Waals surface area contributed by atoms with Crippen LogP contribution in [0.5, 0.6) is 0 Å². The maximum Gasteiger partial charge on any atom is 0.275 e. The first-order valence-corrected chi connectivity index (χ1v) is 7.36. The van der Waals surface area contributed by atoms with Gasteiger partial charge < -0.3 is 14.4 Å². The van der Waals surface area contributed by atoms with Crippen LogP contribution in [-0.4, -0.2) is 52.5 Å². The molecule has 2 aliphatic rings. The maximum absolute atomic E-state index is 12.2. The van der Waals surface area contributed by atoms with Crippen molar-refractivity contribution in [1.82, 2.24) is 14.5 Å². The summed E-state index contributed by atoms with van der Waals surface area (Å²) in [5, 5.41) is 5.52. The van der Waals surface area contributed by atoms with Crippen LogP contribution in [0.2, 0.25) is 0 Å². The van der Waals surface area contributed by atoms with Crippen LogP contribution >= 0.6 is 11.5 Å². The molecule has 3 rings (SSSR count). The molecule has 19 heavy (non-hydrogen) atoms. The van der Waals surface area contributed by atoms with Crippen molar-refractivity contribution in [1.29, 1.82) is 0 Å². The van der Waals surface area contributed by atoms with E-state index in [0.29, 0.717) is 18.9 Å². The predicted molar refractivity (Wildman–Crippen MR) is 68.9 cm³/mol. The molecule has 0 radical (unpaired) electrons. The van der Waals surface area contributed by atoms with Crippen LogP contribution in [0.25, 0.3) is 0 Å². The zero-order valence-electron chi connectivity index (χ0n) is 10.9. The number of nitrogens with zero attached hydrogens (tertiary/aromatic N) is 3. The molecule has 1 amide bonds. The van der Waals surface area contributed by atoms with Gasteiger partial charge in [-0.2, -0.15) is 0 Å². The van der Waals surface area contributed by atoms with Gasteiger partial charge >= 0.3 is 0 Å². The van der Waals surface area contributed by atoms with Crippen LogP contribution in [-0.2, 0) is 9.47 Å². The summed E-state index contributed by atoms with van der Waals surface area (Å²) in [6.07, 6.45) is 3.51. The molecule has 1 saturated carbocycles. The van der Waals surface area contributed by atoms with Crippen molar-refractivity contribution >= 4 is 17.4 Å². The summed E-state index contributed by atoms with van der Waals surface area (Å²) in [6, 6.07) is 0.229. The lowest BCUT2D eigenvalue weighted by Crippen LogP contribution is -2.45. The molecule has 0 bridgehead atoms. The smallest absolute Gasteiger partial charge is 0.275 e. The second-order valence-electron chi connectivity index (χ2n) is 5.04. The van der Waals surface area contributed by atoms with Crippen molar-refractivity contribution < 1.29 is 14.3 Å². The van der Waals surface area contributed by atoms with E-state index in [1.807, 2.05) is 7.05 Å². The Hall–Kier alpha value is -1.05. The highest BCUT2D eigenvalue weighted by molar-refractivity contribution is 7.03. The number of carbonyl (C=O) groups excluding carboxylic acids is 1. The Bertz CT molecular complexity index is 435. The van der Waals surface area contributed by atoms with E-state index in [-0.39, 0.29) is 17.7 Å². The van der Waals surface area contributed by atoms with Crippen LogP contribution in [0, 0.1) is 0 Å². The van der Waals surface area contributed by atoms with Gasteiger partial charge in [0.2, 0.25) is 0 Å². The number of amides is 1. The van der Waals surface area contributed by atoms with Gasteiger partial charge in [0, 0.05) is 31.3 Å². The number of aromatic nitrogens is 2. The summed E-state index contributed by atoms with van der Waals surface area (Å²) in [4.78, 5) is 14.0. The van der Waals surface area contributed by atoms with Gasteiger partial charge in [-0.1, -0.05) is 4.49 Å². The second kappa shape index (κ2) is 5.15. The van der Waals surface area contributed by atoms with Crippen molar-refractivity contribution in [2.24, 2.45) is 0 Å². The molecule has 1 aromatic rings. The Kier molecular flexibility index (Phi) is 3.51. The van der Waals surface area contributed by atoms with E-state index in [0.717, 1.165) is 25.7 Å². The molecular weight excluding hydrogens is 266 g/mol. The third-order valence-electron chi connectivity index (χ3n) is 3.98. The summed E-state index contributed by atoms with van der Waals surface area (Å²) in [6.45, 7) is 1.37. The van der Waals surface area contributed by atoms with Gasteiger partial charge in [-0.3, -0.25) is 4.79 Å². The molecule has 1 aliphatic carbocycles. The summed E-state index contributed by atoms with van der Waals surface area (Å²) < 4.78 is 15.1. The summed E-state index contributed by atoms with van der Waals surface area (Å²) >= 11 is 1.20. The fraction of sp³-hybridized carbons (Fsp3) is 0.750. The highest BCUT2D eigenvalue weighted by Crippen LogP contribution is 2.37. The third kappa shape index (κ3) is 2.50. The molecule has 7 heteroatoms. The van der Waals surface area contributed by atoms with Gasteiger partial charge in [-0.05, 0) is 24.4 Å². The third-order valence-corrected chi connectivity index (χ3v) is 4.48. The fourth-order valence-corrected chi connectivity index (χ4v) is 3.25. The van der Waals surface area contributed by atoms with Crippen molar-refractivity contribution in [3.8, 4) is 0 Å². The first kappa shape index (κ1) is 13.0. The van der Waals surface area contributed by atoms with E-state index in [1.54, 1.807) is 10.3 Å². The van der Waals surface area contributed by atoms with Gasteiger partial charge in [0.1, 0.15) is 0 Å². The normalized spacial score (nSPS) is 22.8.